The molecule has 0 atom stereocenters. The van der Waals surface area contributed by atoms with Crippen LogP contribution in [-0.4, -0.2) is 6.71 Å². The second-order valence-electron chi connectivity index (χ2n) is 22.3. The lowest BCUT2D eigenvalue weighted by atomic mass is 9.33. The average molecular weight is 821 g/mol. The summed E-state index contributed by atoms with van der Waals surface area (Å²) in [6.45, 7) is 28.1. The van der Waals surface area contributed by atoms with Gasteiger partial charge in [0.2, 0.25) is 0 Å². The fourth-order valence-electron chi connectivity index (χ4n) is 10.2. The van der Waals surface area contributed by atoms with E-state index in [1.165, 1.54) is 105 Å². The van der Waals surface area contributed by atoms with E-state index in [1.807, 2.05) is 0 Å². The molecule has 0 aliphatic carbocycles. The van der Waals surface area contributed by atoms with Crippen LogP contribution in [0.5, 0.6) is 0 Å². The Bertz CT molecular complexity index is 3090. The van der Waals surface area contributed by atoms with E-state index >= 15 is 0 Å². The van der Waals surface area contributed by atoms with Gasteiger partial charge in [-0.05, 0) is 136 Å². The minimum Gasteiger partial charge on any atom is -0.311 e. The zero-order chi connectivity index (χ0) is 44.4. The van der Waals surface area contributed by atoms with Crippen LogP contribution in [0.3, 0.4) is 0 Å². The van der Waals surface area contributed by atoms with Gasteiger partial charge in [-0.1, -0.05) is 186 Å². The van der Waals surface area contributed by atoms with E-state index in [0.29, 0.717) is 0 Å². The molecule has 0 spiro atoms. The summed E-state index contributed by atoms with van der Waals surface area (Å²) in [5, 5.41) is 5.02. The van der Waals surface area contributed by atoms with Gasteiger partial charge in [-0.3, -0.25) is 0 Å². The molecule has 0 amide bonds. The molecule has 0 bridgehead atoms. The zero-order valence-corrected chi connectivity index (χ0v) is 39.4. The minimum absolute atomic E-state index is 0.0214. The van der Waals surface area contributed by atoms with Crippen LogP contribution in [-0.2, 0) is 21.7 Å². The van der Waals surface area contributed by atoms with Crippen LogP contribution in [0.25, 0.3) is 32.7 Å². The van der Waals surface area contributed by atoms with Gasteiger partial charge in [0.1, 0.15) is 0 Å². The Morgan fingerprint density at radius 1 is 0.349 bits per heavy atom. The Kier molecular flexibility index (Phi) is 9.26. The highest BCUT2D eigenvalue weighted by atomic mass is 15.2. The number of hydrogen-bond acceptors (Lipinski definition) is 2. The monoisotopic (exact) mass is 820 g/mol. The molecule has 0 saturated carbocycles. The maximum absolute atomic E-state index is 2.64. The minimum atomic E-state index is -0.114. The molecular formula is C60H61BN2. The van der Waals surface area contributed by atoms with Gasteiger partial charge in [0.25, 0.3) is 6.71 Å². The molecule has 8 aromatic rings. The Morgan fingerprint density at radius 2 is 0.857 bits per heavy atom. The molecular weight excluding hydrogens is 759 g/mol. The Labute approximate surface area is 376 Å². The molecule has 0 radical (unpaired) electrons. The largest absolute Gasteiger partial charge is 0.311 e. The summed E-state index contributed by atoms with van der Waals surface area (Å²) in [6.07, 6.45) is 0. The first-order chi connectivity index (χ1) is 29.8. The highest BCUT2D eigenvalue weighted by molar-refractivity contribution is 7.00. The lowest BCUT2D eigenvalue weighted by Gasteiger charge is -2.46. The van der Waals surface area contributed by atoms with Crippen LogP contribution in [0.1, 0.15) is 105 Å². The third-order valence-corrected chi connectivity index (χ3v) is 13.8. The fourth-order valence-corrected chi connectivity index (χ4v) is 10.2. The predicted molar refractivity (Wildman–Crippen MR) is 276 cm³/mol. The fraction of sp³-hybridized carbons (Fsp3) is 0.267. The van der Waals surface area contributed by atoms with E-state index in [-0.39, 0.29) is 28.4 Å². The number of nitrogens with zero attached hydrogens (tertiary/aromatic N) is 2. The van der Waals surface area contributed by atoms with Gasteiger partial charge in [0.05, 0.1) is 5.69 Å². The molecule has 0 unspecified atom stereocenters. The summed E-state index contributed by atoms with van der Waals surface area (Å²) in [5.74, 6) is 0. The van der Waals surface area contributed by atoms with Crippen LogP contribution >= 0.6 is 0 Å². The first-order valence-electron chi connectivity index (χ1n) is 23.0. The van der Waals surface area contributed by atoms with Crippen molar-refractivity contribution in [3.8, 4) is 11.1 Å². The lowest BCUT2D eigenvalue weighted by Crippen LogP contribution is -2.61. The number of benzene rings is 8. The van der Waals surface area contributed by atoms with Crippen molar-refractivity contribution in [3.05, 3.63) is 174 Å². The second-order valence-corrected chi connectivity index (χ2v) is 22.3. The van der Waals surface area contributed by atoms with E-state index in [0.717, 1.165) is 0 Å². The number of fused-ring (bicyclic) bond motifs is 6. The van der Waals surface area contributed by atoms with Gasteiger partial charge in [-0.15, -0.1) is 0 Å². The third-order valence-electron chi connectivity index (χ3n) is 13.8. The van der Waals surface area contributed by atoms with Gasteiger partial charge in [-0.2, -0.15) is 0 Å². The summed E-state index contributed by atoms with van der Waals surface area (Å²) >= 11 is 0. The molecule has 63 heavy (non-hydrogen) atoms. The van der Waals surface area contributed by atoms with Crippen LogP contribution in [0.2, 0.25) is 0 Å². The predicted octanol–water partition coefficient (Wildman–Crippen LogP) is 14.9. The molecule has 3 heteroatoms. The first-order valence-corrected chi connectivity index (χ1v) is 23.0. The van der Waals surface area contributed by atoms with E-state index in [4.69, 9.17) is 0 Å². The number of rotatable bonds is 3. The molecule has 0 aromatic heterocycles. The number of anilines is 6. The quantitative estimate of drug-likeness (QED) is 0.129. The molecule has 0 fully saturated rings. The van der Waals surface area contributed by atoms with E-state index in [1.54, 1.807) is 0 Å². The van der Waals surface area contributed by atoms with Crippen molar-refractivity contribution < 1.29 is 0 Å². The maximum Gasteiger partial charge on any atom is 0.252 e. The molecule has 314 valence electrons. The Morgan fingerprint density at radius 3 is 1.44 bits per heavy atom. The van der Waals surface area contributed by atoms with Crippen molar-refractivity contribution in [2.45, 2.75) is 105 Å². The Hall–Kier alpha value is -6.06. The normalized spacial score (nSPS) is 13.9. The Balaban J connectivity index is 1.35. The molecule has 10 rings (SSSR count). The van der Waals surface area contributed by atoms with Crippen LogP contribution in [0, 0.1) is 0 Å². The molecule has 0 saturated heterocycles. The van der Waals surface area contributed by atoms with Gasteiger partial charge in [-0.25, -0.2) is 0 Å². The SMILES string of the molecule is CC(C)(C)c1ccc(N2c3ccc(C(C)(C)C)cc3B3c4cc(C(C)(C)C)ccc4N(c4cccc5c(-c6ccccc6)c6ccccc6cc45)c4cc(C(C)(C)C)cc2c43)cc1. The van der Waals surface area contributed by atoms with E-state index in [2.05, 4.69) is 245 Å². The van der Waals surface area contributed by atoms with Gasteiger partial charge >= 0.3 is 0 Å². The summed E-state index contributed by atoms with van der Waals surface area (Å²) in [6, 6.07) is 58.4. The van der Waals surface area contributed by atoms with Crippen LogP contribution < -0.4 is 26.2 Å². The highest BCUT2D eigenvalue weighted by Gasteiger charge is 2.45. The summed E-state index contributed by atoms with van der Waals surface area (Å²) in [5.41, 5.74) is 19.2. The van der Waals surface area contributed by atoms with Crippen molar-refractivity contribution in [3.63, 3.8) is 0 Å². The molecule has 2 aliphatic rings. The van der Waals surface area contributed by atoms with Gasteiger partial charge in [0, 0.05) is 33.8 Å². The lowest BCUT2D eigenvalue weighted by molar-refractivity contribution is 0.589. The summed E-state index contributed by atoms with van der Waals surface area (Å²) in [7, 11) is 0. The van der Waals surface area contributed by atoms with E-state index in [9.17, 15) is 0 Å². The van der Waals surface area contributed by atoms with Gasteiger partial charge in [0.15, 0.2) is 0 Å². The smallest absolute Gasteiger partial charge is 0.252 e. The second kappa shape index (κ2) is 14.2. The van der Waals surface area contributed by atoms with Crippen molar-refractivity contribution >= 4 is 78.8 Å². The zero-order valence-electron chi connectivity index (χ0n) is 39.4. The summed E-state index contributed by atoms with van der Waals surface area (Å²) in [4.78, 5) is 5.22. The first kappa shape index (κ1) is 41.0. The van der Waals surface area contributed by atoms with Crippen molar-refractivity contribution in [2.75, 3.05) is 9.80 Å². The molecule has 8 aromatic carbocycles. The highest BCUT2D eigenvalue weighted by Crippen LogP contribution is 2.49. The molecule has 2 aliphatic heterocycles. The molecule has 2 heterocycles. The summed E-state index contributed by atoms with van der Waals surface area (Å²) < 4.78 is 0. The topological polar surface area (TPSA) is 6.48 Å². The standard InChI is InChI=1S/C60H61BN2/c1-57(2,3)40-25-29-44(30-26-40)62-51-31-27-41(58(4,5)6)34-48(51)61-49-35-42(59(7,8)9)28-32-52(49)63(54-37-43(60(10,11)12)36-53(62)56(54)61)50-24-18-23-46-47(50)33-39-21-16-17-22-45(39)55(46)38-19-14-13-15-20-38/h13-37H,1-12H3. The third kappa shape index (κ3) is 6.78. The average Bonchev–Trinajstić information content (AvgIpc) is 3.24. The van der Waals surface area contributed by atoms with Crippen molar-refractivity contribution in [1.82, 2.24) is 0 Å². The van der Waals surface area contributed by atoms with Crippen molar-refractivity contribution in [2.24, 2.45) is 0 Å². The number of hydrogen-bond donors (Lipinski definition) is 0. The van der Waals surface area contributed by atoms with Crippen LogP contribution in [0.4, 0.5) is 34.1 Å². The van der Waals surface area contributed by atoms with Crippen LogP contribution in [0.15, 0.2) is 152 Å². The molecule has 0 N–H and O–H groups in total. The molecule has 2 nitrogen and oxygen atoms in total. The van der Waals surface area contributed by atoms with Gasteiger partial charge < -0.3 is 9.80 Å². The van der Waals surface area contributed by atoms with E-state index < -0.39 is 0 Å². The van der Waals surface area contributed by atoms with Crippen molar-refractivity contribution in [1.29, 1.82) is 0 Å². The maximum atomic E-state index is 2.64.